The topological polar surface area (TPSA) is 89.0 Å². The molecule has 3 aliphatic rings. The molecular weight excluding hydrogens is 430 g/mol. The SMILES string of the molecule is C[C@H]1C(=O)N(CCCCN2CCC3(CC3)[C@H](O)C2)CCN1C(=O)Nc1nccc2ccccc12. The zero-order chi connectivity index (χ0) is 23.7. The number of likely N-dealkylation sites (tertiary alicyclic amines) is 1. The molecule has 34 heavy (non-hydrogen) atoms. The lowest BCUT2D eigenvalue weighted by molar-refractivity contribution is -0.139. The third-order valence-corrected chi connectivity index (χ3v) is 8.02. The lowest BCUT2D eigenvalue weighted by Gasteiger charge is -2.39. The number of piperazine rings is 1. The van der Waals surface area contributed by atoms with Crippen molar-refractivity contribution in [3.63, 3.8) is 0 Å². The van der Waals surface area contributed by atoms with Crippen molar-refractivity contribution in [3.8, 4) is 0 Å². The summed E-state index contributed by atoms with van der Waals surface area (Å²) >= 11 is 0. The number of benzene rings is 1. The Morgan fingerprint density at radius 3 is 2.71 bits per heavy atom. The van der Waals surface area contributed by atoms with E-state index in [4.69, 9.17) is 0 Å². The van der Waals surface area contributed by atoms with E-state index in [0.717, 1.165) is 49.7 Å². The summed E-state index contributed by atoms with van der Waals surface area (Å²) < 4.78 is 0. The third-order valence-electron chi connectivity index (χ3n) is 8.02. The molecule has 2 N–H and O–H groups in total. The number of nitrogens with zero attached hydrogens (tertiary/aromatic N) is 4. The van der Waals surface area contributed by atoms with E-state index >= 15 is 0 Å². The molecule has 8 nitrogen and oxygen atoms in total. The highest BCUT2D eigenvalue weighted by Gasteiger charge is 2.51. The van der Waals surface area contributed by atoms with Crippen molar-refractivity contribution < 1.29 is 14.7 Å². The van der Waals surface area contributed by atoms with Crippen molar-refractivity contribution in [1.82, 2.24) is 19.7 Å². The summed E-state index contributed by atoms with van der Waals surface area (Å²) in [4.78, 5) is 36.1. The summed E-state index contributed by atoms with van der Waals surface area (Å²) in [5, 5.41) is 15.2. The Hall–Kier alpha value is -2.71. The fourth-order valence-corrected chi connectivity index (χ4v) is 5.48. The van der Waals surface area contributed by atoms with Crippen LogP contribution in [-0.4, -0.2) is 88.1 Å². The van der Waals surface area contributed by atoms with Crippen LogP contribution in [-0.2, 0) is 4.79 Å². The number of amides is 3. The maximum Gasteiger partial charge on any atom is 0.323 e. The molecule has 3 amide bonds. The maximum atomic E-state index is 13.0. The van der Waals surface area contributed by atoms with Crippen molar-refractivity contribution in [2.45, 2.75) is 51.2 Å². The van der Waals surface area contributed by atoms with Gasteiger partial charge in [0, 0.05) is 37.8 Å². The van der Waals surface area contributed by atoms with E-state index in [1.807, 2.05) is 35.2 Å². The summed E-state index contributed by atoms with van der Waals surface area (Å²) in [6.45, 7) is 6.39. The number of anilines is 1. The number of pyridine rings is 1. The van der Waals surface area contributed by atoms with Gasteiger partial charge in [-0.25, -0.2) is 9.78 Å². The van der Waals surface area contributed by atoms with Crippen LogP contribution in [0, 0.1) is 5.41 Å². The van der Waals surface area contributed by atoms with Crippen molar-refractivity contribution in [1.29, 1.82) is 0 Å². The quantitative estimate of drug-likeness (QED) is 0.641. The molecule has 1 aromatic heterocycles. The molecule has 3 heterocycles. The largest absolute Gasteiger partial charge is 0.391 e. The number of rotatable bonds is 6. The Balaban J connectivity index is 1.08. The number of aliphatic hydroxyl groups excluding tert-OH is 1. The van der Waals surface area contributed by atoms with Crippen LogP contribution >= 0.6 is 0 Å². The Kier molecular flexibility index (Phi) is 6.44. The van der Waals surface area contributed by atoms with Crippen molar-refractivity contribution in [2.24, 2.45) is 5.41 Å². The minimum Gasteiger partial charge on any atom is -0.391 e. The van der Waals surface area contributed by atoms with Crippen LogP contribution in [0.4, 0.5) is 10.6 Å². The summed E-state index contributed by atoms with van der Waals surface area (Å²) in [6, 6.07) is 8.90. The number of carbonyl (C=O) groups excluding carboxylic acids is 2. The Morgan fingerprint density at radius 2 is 1.91 bits per heavy atom. The first kappa shape index (κ1) is 23.1. The van der Waals surface area contributed by atoms with Crippen LogP contribution in [0.5, 0.6) is 0 Å². The molecule has 8 heteroatoms. The van der Waals surface area contributed by atoms with Gasteiger partial charge in [0.1, 0.15) is 11.9 Å². The van der Waals surface area contributed by atoms with Gasteiger partial charge < -0.3 is 19.8 Å². The molecule has 1 saturated carbocycles. The summed E-state index contributed by atoms with van der Waals surface area (Å²) in [5.41, 5.74) is 0.245. The van der Waals surface area contributed by atoms with E-state index in [9.17, 15) is 14.7 Å². The number of unbranched alkanes of at least 4 members (excludes halogenated alkanes) is 1. The monoisotopic (exact) mass is 465 g/mol. The van der Waals surface area contributed by atoms with Gasteiger partial charge in [-0.2, -0.15) is 0 Å². The van der Waals surface area contributed by atoms with Crippen LogP contribution in [0.1, 0.15) is 39.0 Å². The summed E-state index contributed by atoms with van der Waals surface area (Å²) in [6.07, 6.45) is 6.93. The predicted octanol–water partition coefficient (Wildman–Crippen LogP) is 2.93. The van der Waals surface area contributed by atoms with E-state index in [0.29, 0.717) is 25.5 Å². The normalized spacial score (nSPS) is 24.6. The fraction of sp³-hybridized carbons (Fsp3) is 0.577. The molecule has 2 atom stereocenters. The molecule has 3 fully saturated rings. The second-order valence-electron chi connectivity index (χ2n) is 10.1. The minimum atomic E-state index is -0.504. The van der Waals surface area contributed by atoms with Gasteiger partial charge >= 0.3 is 6.03 Å². The van der Waals surface area contributed by atoms with Gasteiger partial charge in [0.15, 0.2) is 0 Å². The van der Waals surface area contributed by atoms with E-state index in [1.165, 1.54) is 12.8 Å². The smallest absolute Gasteiger partial charge is 0.323 e. The highest BCUT2D eigenvalue weighted by molar-refractivity contribution is 6.01. The van der Waals surface area contributed by atoms with Gasteiger partial charge in [-0.3, -0.25) is 10.1 Å². The van der Waals surface area contributed by atoms with Gasteiger partial charge in [0.2, 0.25) is 5.91 Å². The second-order valence-corrected chi connectivity index (χ2v) is 10.1. The van der Waals surface area contributed by atoms with Gasteiger partial charge in [-0.1, -0.05) is 24.3 Å². The number of β-amino-alcohol motifs (C(OH)–C–C–N with tert-alkyl or cyclic N) is 1. The number of urea groups is 1. The van der Waals surface area contributed by atoms with Gasteiger partial charge in [-0.05, 0) is 69.0 Å². The molecule has 2 aromatic rings. The molecule has 2 saturated heterocycles. The maximum absolute atomic E-state index is 13.0. The Labute approximate surface area is 200 Å². The molecule has 0 radical (unpaired) electrons. The van der Waals surface area contributed by atoms with E-state index in [-0.39, 0.29) is 23.5 Å². The average molecular weight is 466 g/mol. The number of fused-ring (bicyclic) bond motifs is 1. The number of hydrogen-bond acceptors (Lipinski definition) is 5. The average Bonchev–Trinajstić information content (AvgIpc) is 3.63. The molecule has 1 spiro atoms. The van der Waals surface area contributed by atoms with Crippen molar-refractivity contribution in [2.75, 3.05) is 44.6 Å². The lowest BCUT2D eigenvalue weighted by atomic mass is 9.90. The number of aromatic nitrogens is 1. The third kappa shape index (κ3) is 4.61. The number of aliphatic hydroxyl groups is 1. The summed E-state index contributed by atoms with van der Waals surface area (Å²) in [5.74, 6) is 0.511. The van der Waals surface area contributed by atoms with Gasteiger partial charge in [0.05, 0.1) is 6.10 Å². The molecule has 182 valence electrons. The van der Waals surface area contributed by atoms with Crippen LogP contribution in [0.15, 0.2) is 36.5 Å². The molecular formula is C26H35N5O3. The highest BCUT2D eigenvalue weighted by atomic mass is 16.3. The number of piperidine rings is 1. The van der Waals surface area contributed by atoms with Crippen LogP contribution in [0.2, 0.25) is 0 Å². The van der Waals surface area contributed by atoms with E-state index in [2.05, 4.69) is 15.2 Å². The second kappa shape index (κ2) is 9.50. The fourth-order valence-electron chi connectivity index (χ4n) is 5.48. The first-order chi connectivity index (χ1) is 16.5. The lowest BCUT2D eigenvalue weighted by Crippen LogP contribution is -2.58. The molecule has 5 rings (SSSR count). The number of hydrogen-bond donors (Lipinski definition) is 2. The predicted molar refractivity (Wildman–Crippen MR) is 131 cm³/mol. The summed E-state index contributed by atoms with van der Waals surface area (Å²) in [7, 11) is 0. The minimum absolute atomic E-state index is 0.00338. The number of nitrogens with one attached hydrogen (secondary N) is 1. The molecule has 1 aromatic carbocycles. The number of carbonyl (C=O) groups is 2. The van der Waals surface area contributed by atoms with Gasteiger partial charge in [-0.15, -0.1) is 0 Å². The van der Waals surface area contributed by atoms with Crippen LogP contribution in [0.25, 0.3) is 10.8 Å². The van der Waals surface area contributed by atoms with E-state index < -0.39 is 6.04 Å². The van der Waals surface area contributed by atoms with Crippen molar-refractivity contribution >= 4 is 28.5 Å². The Morgan fingerprint density at radius 1 is 1.12 bits per heavy atom. The molecule has 0 unspecified atom stereocenters. The standard InChI is InChI=1S/C26H35N5O3/c1-19-24(33)30(14-5-4-13-29-15-11-26(9-10-26)22(32)18-29)16-17-31(19)25(34)28-23-21-7-3-2-6-20(21)8-12-27-23/h2-3,6-8,12,19,22,32H,4-5,9-11,13-18H2,1H3,(H,27,28,34)/t19-,22+/m0/s1. The van der Waals surface area contributed by atoms with Crippen molar-refractivity contribution in [3.05, 3.63) is 36.5 Å². The molecule has 1 aliphatic carbocycles. The van der Waals surface area contributed by atoms with Crippen LogP contribution < -0.4 is 5.32 Å². The zero-order valence-corrected chi connectivity index (χ0v) is 19.9. The zero-order valence-electron chi connectivity index (χ0n) is 19.9. The highest BCUT2D eigenvalue weighted by Crippen LogP contribution is 2.53. The molecule has 2 aliphatic heterocycles. The first-order valence-corrected chi connectivity index (χ1v) is 12.6. The Bertz CT molecular complexity index is 1050. The van der Waals surface area contributed by atoms with E-state index in [1.54, 1.807) is 18.0 Å². The molecule has 0 bridgehead atoms. The van der Waals surface area contributed by atoms with Crippen LogP contribution in [0.3, 0.4) is 0 Å². The van der Waals surface area contributed by atoms with Gasteiger partial charge in [0.25, 0.3) is 0 Å². The first-order valence-electron chi connectivity index (χ1n) is 12.6.